The van der Waals surface area contributed by atoms with Gasteiger partial charge in [-0.15, -0.1) is 12.4 Å². The Morgan fingerprint density at radius 3 is 2.62 bits per heavy atom. The van der Waals surface area contributed by atoms with Gasteiger partial charge in [-0.05, 0) is 29.4 Å². The fourth-order valence-corrected chi connectivity index (χ4v) is 2.07. The largest absolute Gasteiger partial charge is 0.387 e. The van der Waals surface area contributed by atoms with Crippen molar-refractivity contribution >= 4 is 29.1 Å². The molecule has 0 saturated heterocycles. The molecule has 0 saturated carbocycles. The second-order valence-electron chi connectivity index (χ2n) is 4.78. The summed E-state index contributed by atoms with van der Waals surface area (Å²) in [6.45, 7) is 0.874. The summed E-state index contributed by atoms with van der Waals surface area (Å²) in [5.41, 5.74) is 0.817. The number of rotatable bonds is 6. The van der Waals surface area contributed by atoms with Gasteiger partial charge in [0.2, 0.25) is 5.91 Å². The van der Waals surface area contributed by atoms with Crippen molar-refractivity contribution in [1.29, 1.82) is 0 Å². The van der Waals surface area contributed by atoms with Crippen molar-refractivity contribution in [2.24, 2.45) is 0 Å². The third-order valence-electron chi connectivity index (χ3n) is 3.25. The van der Waals surface area contributed by atoms with Gasteiger partial charge in [-0.25, -0.2) is 0 Å². The number of fused-ring (bicyclic) bond motifs is 1. The first-order valence-corrected chi connectivity index (χ1v) is 6.79. The highest BCUT2D eigenvalue weighted by atomic mass is 35.5. The van der Waals surface area contributed by atoms with Crippen molar-refractivity contribution in [3.05, 3.63) is 48.0 Å². The molecule has 0 aromatic heterocycles. The van der Waals surface area contributed by atoms with Crippen LogP contribution in [-0.2, 0) is 4.79 Å². The number of aliphatic hydroxyl groups is 1. The van der Waals surface area contributed by atoms with E-state index in [2.05, 4.69) is 10.6 Å². The predicted octanol–water partition coefficient (Wildman–Crippen LogP) is 2.02. The molecule has 2 rings (SSSR count). The van der Waals surface area contributed by atoms with Crippen molar-refractivity contribution in [1.82, 2.24) is 10.6 Å². The van der Waals surface area contributed by atoms with Crippen LogP contribution in [0.15, 0.2) is 42.5 Å². The van der Waals surface area contributed by atoms with Crippen LogP contribution in [0.2, 0.25) is 0 Å². The molecule has 1 amide bonds. The molecule has 2 aromatic rings. The van der Waals surface area contributed by atoms with E-state index >= 15 is 0 Å². The fourth-order valence-electron chi connectivity index (χ4n) is 2.07. The molecule has 114 valence electrons. The third-order valence-corrected chi connectivity index (χ3v) is 3.25. The van der Waals surface area contributed by atoms with Gasteiger partial charge in [0.1, 0.15) is 0 Å². The Morgan fingerprint density at radius 1 is 1.19 bits per heavy atom. The smallest absolute Gasteiger partial charge is 0.221 e. The van der Waals surface area contributed by atoms with Gasteiger partial charge in [0.25, 0.3) is 0 Å². The number of amides is 1. The molecule has 3 N–H and O–H groups in total. The average Bonchev–Trinajstić information content (AvgIpc) is 2.50. The van der Waals surface area contributed by atoms with Gasteiger partial charge in [-0.2, -0.15) is 0 Å². The molecule has 21 heavy (non-hydrogen) atoms. The molecule has 0 spiro atoms. The van der Waals surface area contributed by atoms with Gasteiger partial charge in [-0.3, -0.25) is 4.79 Å². The van der Waals surface area contributed by atoms with Crippen LogP contribution >= 0.6 is 12.4 Å². The maximum Gasteiger partial charge on any atom is 0.221 e. The second-order valence-corrected chi connectivity index (χ2v) is 4.78. The topological polar surface area (TPSA) is 61.4 Å². The SMILES string of the molecule is CNCCC(=O)NCC(O)c1ccc2ccccc2c1.Cl. The normalized spacial score (nSPS) is 11.7. The molecule has 4 nitrogen and oxygen atoms in total. The number of aliphatic hydroxyl groups excluding tert-OH is 1. The Labute approximate surface area is 131 Å². The Balaban J connectivity index is 0.00000220. The van der Waals surface area contributed by atoms with E-state index in [-0.39, 0.29) is 24.9 Å². The van der Waals surface area contributed by atoms with Crippen molar-refractivity contribution in [3.8, 4) is 0 Å². The van der Waals surface area contributed by atoms with E-state index in [0.29, 0.717) is 13.0 Å². The van der Waals surface area contributed by atoms with Crippen LogP contribution in [0.25, 0.3) is 10.8 Å². The lowest BCUT2D eigenvalue weighted by molar-refractivity contribution is -0.121. The first-order chi connectivity index (χ1) is 9.70. The minimum atomic E-state index is -0.682. The second kappa shape index (κ2) is 8.62. The molecule has 5 heteroatoms. The number of carbonyl (C=O) groups is 1. The van der Waals surface area contributed by atoms with Crippen LogP contribution < -0.4 is 10.6 Å². The molecule has 2 aromatic carbocycles. The molecule has 0 radical (unpaired) electrons. The summed E-state index contributed by atoms with van der Waals surface area (Å²) in [6.07, 6.45) is -0.265. The zero-order valence-electron chi connectivity index (χ0n) is 12.0. The lowest BCUT2D eigenvalue weighted by atomic mass is 10.0. The number of halogens is 1. The van der Waals surface area contributed by atoms with Crippen LogP contribution in [0.1, 0.15) is 18.1 Å². The summed E-state index contributed by atoms with van der Waals surface area (Å²) >= 11 is 0. The van der Waals surface area contributed by atoms with E-state index < -0.39 is 6.10 Å². The Hall–Kier alpha value is -1.62. The van der Waals surface area contributed by atoms with Gasteiger partial charge >= 0.3 is 0 Å². The molecule has 0 aliphatic rings. The maximum atomic E-state index is 11.5. The van der Waals surface area contributed by atoms with E-state index in [4.69, 9.17) is 0 Å². The quantitative estimate of drug-likeness (QED) is 0.765. The van der Waals surface area contributed by atoms with Crippen LogP contribution in [-0.4, -0.2) is 31.2 Å². The van der Waals surface area contributed by atoms with Crippen LogP contribution in [0.4, 0.5) is 0 Å². The van der Waals surface area contributed by atoms with Crippen LogP contribution in [0.5, 0.6) is 0 Å². The summed E-state index contributed by atoms with van der Waals surface area (Å²) in [4.78, 5) is 11.5. The number of nitrogens with one attached hydrogen (secondary N) is 2. The van der Waals surface area contributed by atoms with Crippen molar-refractivity contribution in [2.45, 2.75) is 12.5 Å². The minimum absolute atomic E-state index is 0. The van der Waals surface area contributed by atoms with Gasteiger partial charge < -0.3 is 15.7 Å². The molecular weight excluding hydrogens is 288 g/mol. The zero-order valence-corrected chi connectivity index (χ0v) is 12.8. The van der Waals surface area contributed by atoms with Gasteiger partial charge in [0, 0.05) is 19.5 Å². The Bertz CT molecular complexity index is 589. The highest BCUT2D eigenvalue weighted by Gasteiger charge is 2.09. The molecule has 0 heterocycles. The summed E-state index contributed by atoms with van der Waals surface area (Å²) < 4.78 is 0. The van der Waals surface area contributed by atoms with E-state index in [0.717, 1.165) is 16.3 Å². The molecule has 0 bridgehead atoms. The lowest BCUT2D eigenvalue weighted by Gasteiger charge is -2.13. The minimum Gasteiger partial charge on any atom is -0.387 e. The molecular formula is C16H21ClN2O2. The van der Waals surface area contributed by atoms with E-state index in [1.807, 2.05) is 42.5 Å². The first kappa shape index (κ1) is 17.4. The summed E-state index contributed by atoms with van der Waals surface area (Å²) in [5, 5.41) is 18.0. The van der Waals surface area contributed by atoms with E-state index in [9.17, 15) is 9.90 Å². The van der Waals surface area contributed by atoms with Gasteiger partial charge in [-0.1, -0.05) is 36.4 Å². The highest BCUT2D eigenvalue weighted by molar-refractivity contribution is 5.85. The van der Waals surface area contributed by atoms with E-state index in [1.54, 1.807) is 7.05 Å². The zero-order chi connectivity index (χ0) is 14.4. The molecule has 0 aliphatic heterocycles. The van der Waals surface area contributed by atoms with Crippen LogP contribution in [0.3, 0.4) is 0 Å². The monoisotopic (exact) mass is 308 g/mol. The fraction of sp³-hybridized carbons (Fsp3) is 0.312. The van der Waals surface area contributed by atoms with Crippen molar-refractivity contribution in [3.63, 3.8) is 0 Å². The van der Waals surface area contributed by atoms with Gasteiger partial charge in [0.05, 0.1) is 6.10 Å². The van der Waals surface area contributed by atoms with Gasteiger partial charge in [0.15, 0.2) is 0 Å². The predicted molar refractivity (Wildman–Crippen MR) is 87.7 cm³/mol. The Kier molecular flexibility index (Phi) is 7.15. The average molecular weight is 309 g/mol. The van der Waals surface area contributed by atoms with Crippen LogP contribution in [0, 0.1) is 0 Å². The number of benzene rings is 2. The summed E-state index contributed by atoms with van der Waals surface area (Å²) in [5.74, 6) is -0.0563. The summed E-state index contributed by atoms with van der Waals surface area (Å²) in [6, 6.07) is 13.8. The lowest BCUT2D eigenvalue weighted by Crippen LogP contribution is -2.30. The summed E-state index contributed by atoms with van der Waals surface area (Å²) in [7, 11) is 1.80. The molecule has 0 aliphatic carbocycles. The maximum absolute atomic E-state index is 11.5. The number of carbonyl (C=O) groups excluding carboxylic acids is 1. The van der Waals surface area contributed by atoms with Crippen molar-refractivity contribution in [2.75, 3.05) is 20.1 Å². The number of hydrogen-bond acceptors (Lipinski definition) is 3. The standard InChI is InChI=1S/C16H20N2O2.ClH/c1-17-9-8-16(20)18-11-15(19)14-7-6-12-4-2-3-5-13(12)10-14;/h2-7,10,15,17,19H,8-9,11H2,1H3,(H,18,20);1H. The molecule has 1 unspecified atom stereocenters. The number of hydrogen-bond donors (Lipinski definition) is 3. The third kappa shape index (κ3) is 5.01. The first-order valence-electron chi connectivity index (χ1n) is 6.79. The van der Waals surface area contributed by atoms with Crippen molar-refractivity contribution < 1.29 is 9.90 Å². The highest BCUT2D eigenvalue weighted by Crippen LogP contribution is 2.19. The Morgan fingerprint density at radius 2 is 1.90 bits per heavy atom. The molecule has 1 atom stereocenters. The molecule has 0 fully saturated rings. The van der Waals surface area contributed by atoms with E-state index in [1.165, 1.54) is 0 Å².